The summed E-state index contributed by atoms with van der Waals surface area (Å²) in [4.78, 5) is 10.5. The molecule has 0 amide bonds. The molecule has 2 heteroatoms. The van der Waals surface area contributed by atoms with Crippen LogP contribution in [0.2, 0.25) is 0 Å². The Bertz CT molecular complexity index is 507. The van der Waals surface area contributed by atoms with Crippen LogP contribution in [0, 0.1) is 13.8 Å². The number of carbonyl (C=O) groups is 1. The van der Waals surface area contributed by atoms with Crippen molar-refractivity contribution in [1.82, 2.24) is 0 Å². The van der Waals surface area contributed by atoms with Crippen LogP contribution >= 0.6 is 0 Å². The lowest BCUT2D eigenvalue weighted by molar-refractivity contribution is 0.112. The molecule has 2 aromatic rings. The van der Waals surface area contributed by atoms with Crippen molar-refractivity contribution in [3.8, 4) is 11.5 Å². The van der Waals surface area contributed by atoms with Gasteiger partial charge in [0, 0.05) is 5.56 Å². The highest BCUT2D eigenvalue weighted by molar-refractivity contribution is 5.74. The Labute approximate surface area is 101 Å². The second-order valence-corrected chi connectivity index (χ2v) is 4.01. The first kappa shape index (κ1) is 11.4. The summed E-state index contributed by atoms with van der Waals surface area (Å²) in [5, 5.41) is 0. The van der Waals surface area contributed by atoms with E-state index >= 15 is 0 Å². The zero-order valence-electron chi connectivity index (χ0n) is 9.94. The van der Waals surface area contributed by atoms with Crippen molar-refractivity contribution < 1.29 is 9.53 Å². The predicted molar refractivity (Wildman–Crippen MR) is 67.8 cm³/mol. The fraction of sp³-hybridized carbons (Fsp3) is 0.133. The lowest BCUT2D eigenvalue weighted by Crippen LogP contribution is -1.91. The first-order valence-corrected chi connectivity index (χ1v) is 5.50. The van der Waals surface area contributed by atoms with Gasteiger partial charge in [-0.3, -0.25) is 4.79 Å². The number of ether oxygens (including phenoxy) is 1. The van der Waals surface area contributed by atoms with E-state index in [9.17, 15) is 4.79 Å². The summed E-state index contributed by atoms with van der Waals surface area (Å²) in [6, 6.07) is 13.1. The molecule has 86 valence electrons. The maximum absolute atomic E-state index is 10.5. The minimum Gasteiger partial charge on any atom is -0.457 e. The van der Waals surface area contributed by atoms with Crippen molar-refractivity contribution in [3.63, 3.8) is 0 Å². The second kappa shape index (κ2) is 4.83. The Morgan fingerprint density at radius 2 is 1.53 bits per heavy atom. The average molecular weight is 226 g/mol. The Kier molecular flexibility index (Phi) is 3.24. The molecule has 0 unspecified atom stereocenters. The summed E-state index contributed by atoms with van der Waals surface area (Å²) in [6.07, 6.45) is 0.822. The van der Waals surface area contributed by atoms with Crippen molar-refractivity contribution in [2.45, 2.75) is 13.8 Å². The predicted octanol–water partition coefficient (Wildman–Crippen LogP) is 3.91. The lowest BCUT2D eigenvalue weighted by atomic mass is 10.1. The van der Waals surface area contributed by atoms with Crippen molar-refractivity contribution in [1.29, 1.82) is 0 Å². The first-order chi connectivity index (χ1) is 8.20. The van der Waals surface area contributed by atoms with E-state index < -0.39 is 0 Å². The van der Waals surface area contributed by atoms with E-state index in [1.165, 1.54) is 0 Å². The third-order valence-electron chi connectivity index (χ3n) is 2.64. The number of aldehydes is 1. The fourth-order valence-corrected chi connectivity index (χ4v) is 1.69. The molecule has 0 saturated carbocycles. The van der Waals surface area contributed by atoms with Gasteiger partial charge in [-0.15, -0.1) is 0 Å². The fourth-order valence-electron chi connectivity index (χ4n) is 1.69. The van der Waals surface area contributed by atoms with E-state index in [2.05, 4.69) is 0 Å². The van der Waals surface area contributed by atoms with Crippen LogP contribution < -0.4 is 4.74 Å². The van der Waals surface area contributed by atoms with Crippen LogP contribution in [0.4, 0.5) is 0 Å². The van der Waals surface area contributed by atoms with Gasteiger partial charge in [0.1, 0.15) is 17.8 Å². The minimum absolute atomic E-state index is 0.652. The third kappa shape index (κ3) is 2.53. The monoisotopic (exact) mass is 226 g/mol. The van der Waals surface area contributed by atoms with Gasteiger partial charge in [0.25, 0.3) is 0 Å². The molecular weight excluding hydrogens is 212 g/mol. The van der Waals surface area contributed by atoms with Gasteiger partial charge >= 0.3 is 0 Å². The molecule has 0 bridgehead atoms. The van der Waals surface area contributed by atoms with Crippen LogP contribution in [0.25, 0.3) is 0 Å². The first-order valence-electron chi connectivity index (χ1n) is 5.50. The van der Waals surface area contributed by atoms with Crippen LogP contribution in [-0.4, -0.2) is 6.29 Å². The minimum atomic E-state index is 0.652. The molecule has 0 heterocycles. The van der Waals surface area contributed by atoms with Crippen LogP contribution in [0.3, 0.4) is 0 Å². The largest absolute Gasteiger partial charge is 0.457 e. The second-order valence-electron chi connectivity index (χ2n) is 4.01. The molecule has 0 saturated heterocycles. The Hall–Kier alpha value is -2.09. The van der Waals surface area contributed by atoms with E-state index in [1.54, 1.807) is 24.3 Å². The van der Waals surface area contributed by atoms with Crippen LogP contribution in [0.5, 0.6) is 11.5 Å². The normalized spacial score (nSPS) is 10.0. The number of para-hydroxylation sites is 1. The highest BCUT2D eigenvalue weighted by Gasteiger charge is 2.04. The van der Waals surface area contributed by atoms with Crippen LogP contribution in [0.1, 0.15) is 21.5 Å². The Balaban J connectivity index is 2.28. The maximum atomic E-state index is 10.5. The van der Waals surface area contributed by atoms with Gasteiger partial charge in [-0.05, 0) is 49.2 Å². The molecule has 0 spiro atoms. The SMILES string of the molecule is Cc1cccc(C)c1Oc1ccc(C=O)cc1. The molecule has 0 aliphatic rings. The highest BCUT2D eigenvalue weighted by atomic mass is 16.5. The molecule has 17 heavy (non-hydrogen) atoms. The topological polar surface area (TPSA) is 26.3 Å². The van der Waals surface area contributed by atoms with Gasteiger partial charge < -0.3 is 4.74 Å². The lowest BCUT2D eigenvalue weighted by Gasteiger charge is -2.11. The molecule has 2 nitrogen and oxygen atoms in total. The molecule has 0 fully saturated rings. The van der Waals surface area contributed by atoms with Gasteiger partial charge in [-0.25, -0.2) is 0 Å². The van der Waals surface area contributed by atoms with E-state index in [4.69, 9.17) is 4.74 Å². The van der Waals surface area contributed by atoms with Gasteiger partial charge in [0.05, 0.1) is 0 Å². The zero-order valence-corrected chi connectivity index (χ0v) is 9.94. The summed E-state index contributed by atoms with van der Waals surface area (Å²) >= 11 is 0. The molecule has 0 radical (unpaired) electrons. The zero-order chi connectivity index (χ0) is 12.3. The maximum Gasteiger partial charge on any atom is 0.150 e. The summed E-state index contributed by atoms with van der Waals surface area (Å²) < 4.78 is 5.82. The molecular formula is C15H14O2. The quantitative estimate of drug-likeness (QED) is 0.742. The Morgan fingerprint density at radius 1 is 0.941 bits per heavy atom. The smallest absolute Gasteiger partial charge is 0.150 e. The number of rotatable bonds is 3. The van der Waals surface area contributed by atoms with E-state index in [0.29, 0.717) is 5.56 Å². The molecule has 0 aliphatic heterocycles. The van der Waals surface area contributed by atoms with E-state index in [1.807, 2.05) is 32.0 Å². The van der Waals surface area contributed by atoms with Crippen molar-refractivity contribution in [3.05, 3.63) is 59.2 Å². The number of aryl methyl sites for hydroxylation is 2. The molecule has 0 aliphatic carbocycles. The summed E-state index contributed by atoms with van der Waals surface area (Å²) in [5.41, 5.74) is 2.85. The third-order valence-corrected chi connectivity index (χ3v) is 2.64. The summed E-state index contributed by atoms with van der Waals surface area (Å²) in [7, 11) is 0. The number of benzene rings is 2. The van der Waals surface area contributed by atoms with Crippen molar-refractivity contribution in [2.24, 2.45) is 0 Å². The molecule has 2 aromatic carbocycles. The standard InChI is InChI=1S/C15H14O2/c1-11-4-3-5-12(2)15(11)17-14-8-6-13(10-16)7-9-14/h3-10H,1-2H3. The summed E-state index contributed by atoms with van der Waals surface area (Å²) in [6.45, 7) is 4.03. The molecule has 0 atom stereocenters. The summed E-state index contributed by atoms with van der Waals surface area (Å²) in [5.74, 6) is 1.62. The van der Waals surface area contributed by atoms with Gasteiger partial charge in [-0.1, -0.05) is 18.2 Å². The van der Waals surface area contributed by atoms with Gasteiger partial charge in [0.2, 0.25) is 0 Å². The average Bonchev–Trinajstić information content (AvgIpc) is 2.35. The number of carbonyl (C=O) groups excluding carboxylic acids is 1. The highest BCUT2D eigenvalue weighted by Crippen LogP contribution is 2.28. The molecule has 2 rings (SSSR count). The van der Waals surface area contributed by atoms with E-state index in [-0.39, 0.29) is 0 Å². The van der Waals surface area contributed by atoms with Crippen molar-refractivity contribution >= 4 is 6.29 Å². The van der Waals surface area contributed by atoms with Gasteiger partial charge in [0.15, 0.2) is 0 Å². The van der Waals surface area contributed by atoms with Crippen molar-refractivity contribution in [2.75, 3.05) is 0 Å². The number of hydrogen-bond acceptors (Lipinski definition) is 2. The molecule has 0 aromatic heterocycles. The van der Waals surface area contributed by atoms with Gasteiger partial charge in [-0.2, -0.15) is 0 Å². The van der Waals surface area contributed by atoms with Crippen LogP contribution in [-0.2, 0) is 0 Å². The van der Waals surface area contributed by atoms with E-state index in [0.717, 1.165) is 28.9 Å². The molecule has 0 N–H and O–H groups in total. The Morgan fingerprint density at radius 3 is 2.06 bits per heavy atom. The number of hydrogen-bond donors (Lipinski definition) is 0. The van der Waals surface area contributed by atoms with Crippen LogP contribution in [0.15, 0.2) is 42.5 Å².